The van der Waals surface area contributed by atoms with Crippen LogP contribution in [0.4, 0.5) is 0 Å². The summed E-state index contributed by atoms with van der Waals surface area (Å²) in [6, 6.07) is 18.2. The molecule has 2 aromatic carbocycles. The molecule has 0 unspecified atom stereocenters. The number of likely N-dealkylation sites (tertiary alicyclic amines) is 1. The van der Waals surface area contributed by atoms with Crippen molar-refractivity contribution in [2.45, 2.75) is 43.9 Å². The van der Waals surface area contributed by atoms with E-state index < -0.39 is 0 Å². The number of benzene rings is 2. The third kappa shape index (κ3) is 4.62. The first kappa shape index (κ1) is 20.7. The minimum Gasteiger partial charge on any atom is -0.366 e. The minimum absolute atomic E-state index is 0.132. The average molecular weight is 421 g/mol. The number of hydrogen-bond donors (Lipinski definition) is 0. The number of carbonyl (C=O) groups is 2. The van der Waals surface area contributed by atoms with Crippen LogP contribution in [0.5, 0.6) is 0 Å². The van der Waals surface area contributed by atoms with Gasteiger partial charge in [0.15, 0.2) is 0 Å². The van der Waals surface area contributed by atoms with Crippen LogP contribution in [0.25, 0.3) is 0 Å². The number of carbonyl (C=O) groups excluding carboxylic acids is 2. The SMILES string of the molecule is Cc1ccc(SC2=C(N3CCCCCC3)C(=O)N(CCc3ccccc3)C2=O)cc1. The molecular weight excluding hydrogens is 392 g/mol. The van der Waals surface area contributed by atoms with Gasteiger partial charge in [-0.3, -0.25) is 14.5 Å². The van der Waals surface area contributed by atoms with Crippen molar-refractivity contribution >= 4 is 23.6 Å². The van der Waals surface area contributed by atoms with Crippen molar-refractivity contribution in [2.75, 3.05) is 19.6 Å². The Morgan fingerprint density at radius 2 is 1.50 bits per heavy atom. The maximum absolute atomic E-state index is 13.4. The van der Waals surface area contributed by atoms with Gasteiger partial charge in [-0.05, 0) is 43.9 Å². The first-order chi connectivity index (χ1) is 14.6. The van der Waals surface area contributed by atoms with Gasteiger partial charge in [-0.15, -0.1) is 0 Å². The van der Waals surface area contributed by atoms with Crippen molar-refractivity contribution in [2.24, 2.45) is 0 Å². The lowest BCUT2D eigenvalue weighted by atomic mass is 10.1. The van der Waals surface area contributed by atoms with Crippen LogP contribution in [0.3, 0.4) is 0 Å². The highest BCUT2D eigenvalue weighted by Gasteiger charge is 2.41. The summed E-state index contributed by atoms with van der Waals surface area (Å²) in [7, 11) is 0. The molecule has 0 N–H and O–H groups in total. The Morgan fingerprint density at radius 1 is 0.833 bits per heavy atom. The summed E-state index contributed by atoms with van der Waals surface area (Å²) >= 11 is 1.43. The number of nitrogens with zero attached hydrogens (tertiary/aromatic N) is 2. The molecule has 0 saturated carbocycles. The highest BCUT2D eigenvalue weighted by molar-refractivity contribution is 8.04. The Morgan fingerprint density at radius 3 is 2.17 bits per heavy atom. The maximum atomic E-state index is 13.4. The molecule has 0 radical (unpaired) electrons. The van der Waals surface area contributed by atoms with E-state index in [2.05, 4.69) is 4.90 Å². The summed E-state index contributed by atoms with van der Waals surface area (Å²) in [6.45, 7) is 4.15. The normalized spacial score (nSPS) is 17.6. The Bertz CT molecular complexity index is 929. The lowest BCUT2D eigenvalue weighted by molar-refractivity contribution is -0.137. The zero-order valence-electron chi connectivity index (χ0n) is 17.5. The molecule has 2 amide bonds. The third-order valence-electron chi connectivity index (χ3n) is 5.73. The number of rotatable bonds is 6. The molecule has 0 aliphatic carbocycles. The van der Waals surface area contributed by atoms with Crippen molar-refractivity contribution in [1.82, 2.24) is 9.80 Å². The van der Waals surface area contributed by atoms with Crippen molar-refractivity contribution in [3.63, 3.8) is 0 Å². The Hall–Kier alpha value is -2.53. The molecule has 0 aromatic heterocycles. The van der Waals surface area contributed by atoms with Crippen molar-refractivity contribution in [3.05, 3.63) is 76.3 Å². The molecule has 156 valence electrons. The number of imide groups is 1. The zero-order valence-corrected chi connectivity index (χ0v) is 18.3. The molecule has 4 rings (SSSR count). The molecular formula is C25H28N2O2S. The van der Waals surface area contributed by atoms with Gasteiger partial charge in [-0.2, -0.15) is 0 Å². The van der Waals surface area contributed by atoms with E-state index >= 15 is 0 Å². The Labute approximate surface area is 182 Å². The number of aryl methyl sites for hydroxylation is 1. The third-order valence-corrected chi connectivity index (χ3v) is 6.81. The molecule has 0 spiro atoms. The zero-order chi connectivity index (χ0) is 20.9. The van der Waals surface area contributed by atoms with Gasteiger partial charge in [-0.25, -0.2) is 0 Å². The predicted octanol–water partition coefficient (Wildman–Crippen LogP) is 4.79. The van der Waals surface area contributed by atoms with Gasteiger partial charge in [0.25, 0.3) is 11.8 Å². The lowest BCUT2D eigenvalue weighted by Crippen LogP contribution is -2.36. The summed E-state index contributed by atoms with van der Waals surface area (Å²) in [6.07, 6.45) is 5.18. The van der Waals surface area contributed by atoms with Crippen LogP contribution in [0, 0.1) is 6.92 Å². The smallest absolute Gasteiger partial charge is 0.278 e. The van der Waals surface area contributed by atoms with Gasteiger partial charge >= 0.3 is 0 Å². The lowest BCUT2D eigenvalue weighted by Gasteiger charge is -2.24. The predicted molar refractivity (Wildman–Crippen MR) is 121 cm³/mol. The molecule has 2 aliphatic heterocycles. The van der Waals surface area contributed by atoms with Gasteiger partial charge < -0.3 is 4.90 Å². The van der Waals surface area contributed by atoms with Crippen LogP contribution >= 0.6 is 11.8 Å². The highest BCUT2D eigenvalue weighted by Crippen LogP contribution is 2.37. The van der Waals surface area contributed by atoms with E-state index in [1.165, 1.54) is 35.1 Å². The Kier molecular flexibility index (Phi) is 6.58. The quantitative estimate of drug-likeness (QED) is 0.630. The fourth-order valence-corrected chi connectivity index (χ4v) is 5.04. The summed E-state index contributed by atoms with van der Waals surface area (Å²) < 4.78 is 0. The van der Waals surface area contributed by atoms with Crippen molar-refractivity contribution in [3.8, 4) is 0 Å². The molecule has 0 atom stereocenters. The van der Waals surface area contributed by atoms with Crippen LogP contribution in [0.2, 0.25) is 0 Å². The van der Waals surface area contributed by atoms with Crippen LogP contribution < -0.4 is 0 Å². The van der Waals surface area contributed by atoms with Gasteiger partial charge in [-0.1, -0.05) is 72.6 Å². The molecule has 0 bridgehead atoms. The monoisotopic (exact) mass is 420 g/mol. The van der Waals surface area contributed by atoms with Crippen LogP contribution in [-0.2, 0) is 16.0 Å². The topological polar surface area (TPSA) is 40.6 Å². The van der Waals surface area contributed by atoms with E-state index in [9.17, 15) is 9.59 Å². The fraction of sp³-hybridized carbons (Fsp3) is 0.360. The van der Waals surface area contributed by atoms with Gasteiger partial charge in [0.05, 0.1) is 0 Å². The van der Waals surface area contributed by atoms with Crippen LogP contribution in [0.1, 0.15) is 36.8 Å². The fourth-order valence-electron chi connectivity index (χ4n) is 4.02. The standard InChI is InChI=1S/C25H28N2O2S/c1-19-11-13-21(14-12-19)30-23-22(26-16-7-2-3-8-17-26)24(28)27(25(23)29)18-15-20-9-5-4-6-10-20/h4-6,9-14H,2-3,7-8,15-18H2,1H3. The van der Waals surface area contributed by atoms with Crippen molar-refractivity contribution < 1.29 is 9.59 Å². The minimum atomic E-state index is -0.152. The second-order valence-corrected chi connectivity index (χ2v) is 9.08. The molecule has 2 aromatic rings. The summed E-state index contributed by atoms with van der Waals surface area (Å²) in [4.78, 5) is 31.9. The van der Waals surface area contributed by atoms with E-state index in [0.717, 1.165) is 36.4 Å². The van der Waals surface area contributed by atoms with Gasteiger partial charge in [0.1, 0.15) is 10.6 Å². The van der Waals surface area contributed by atoms with Crippen LogP contribution in [0.15, 0.2) is 70.1 Å². The van der Waals surface area contributed by atoms with E-state index in [-0.39, 0.29) is 11.8 Å². The van der Waals surface area contributed by atoms with Crippen molar-refractivity contribution in [1.29, 1.82) is 0 Å². The Balaban J connectivity index is 1.60. The molecule has 1 saturated heterocycles. The van der Waals surface area contributed by atoms with E-state index in [0.29, 0.717) is 23.6 Å². The summed E-state index contributed by atoms with van der Waals surface area (Å²) in [5, 5.41) is 0. The molecule has 5 heteroatoms. The second kappa shape index (κ2) is 9.52. The average Bonchev–Trinajstić information content (AvgIpc) is 2.94. The maximum Gasteiger partial charge on any atom is 0.278 e. The second-order valence-electron chi connectivity index (χ2n) is 7.99. The molecule has 1 fully saturated rings. The molecule has 30 heavy (non-hydrogen) atoms. The summed E-state index contributed by atoms with van der Waals surface area (Å²) in [5.74, 6) is -0.284. The van der Waals surface area contributed by atoms with E-state index in [1.54, 1.807) is 0 Å². The first-order valence-corrected chi connectivity index (χ1v) is 11.6. The highest BCUT2D eigenvalue weighted by atomic mass is 32.2. The van der Waals surface area contributed by atoms with Gasteiger partial charge in [0, 0.05) is 24.5 Å². The molecule has 4 nitrogen and oxygen atoms in total. The van der Waals surface area contributed by atoms with E-state index in [1.807, 2.05) is 61.5 Å². The van der Waals surface area contributed by atoms with E-state index in [4.69, 9.17) is 0 Å². The molecule has 2 aliphatic rings. The van der Waals surface area contributed by atoms with Gasteiger partial charge in [0.2, 0.25) is 0 Å². The summed E-state index contributed by atoms with van der Waals surface area (Å²) in [5.41, 5.74) is 2.92. The number of hydrogen-bond acceptors (Lipinski definition) is 4. The van der Waals surface area contributed by atoms with Crippen LogP contribution in [-0.4, -0.2) is 41.2 Å². The molecule has 2 heterocycles. The largest absolute Gasteiger partial charge is 0.366 e. The number of thioether (sulfide) groups is 1. The first-order valence-electron chi connectivity index (χ1n) is 10.8. The number of amides is 2.